The Balaban J connectivity index is 2.38. The molecule has 2 nitrogen and oxygen atoms in total. The summed E-state index contributed by atoms with van der Waals surface area (Å²) in [7, 11) is 0. The van der Waals surface area contributed by atoms with Crippen LogP contribution in [0.3, 0.4) is 0 Å². The van der Waals surface area contributed by atoms with Crippen LogP contribution in [-0.2, 0) is 10.5 Å². The van der Waals surface area contributed by atoms with Gasteiger partial charge in [0.05, 0.1) is 5.02 Å². The number of allylic oxidation sites excluding steroid dienone is 1. The van der Waals surface area contributed by atoms with Crippen molar-refractivity contribution in [3.8, 4) is 0 Å². The van der Waals surface area contributed by atoms with E-state index in [1.54, 1.807) is 12.1 Å². The van der Waals surface area contributed by atoms with Crippen molar-refractivity contribution in [3.05, 3.63) is 45.8 Å². The number of ether oxygens (including phenoxy) is 1. The highest BCUT2D eigenvalue weighted by Crippen LogP contribution is 2.35. The molecule has 1 aromatic rings. The molecule has 0 aliphatic carbocycles. The average molecular weight is 244 g/mol. The lowest BCUT2D eigenvalue weighted by Crippen LogP contribution is -2.34. The highest BCUT2D eigenvalue weighted by molar-refractivity contribution is 6.35. The molecule has 0 aromatic heterocycles. The summed E-state index contributed by atoms with van der Waals surface area (Å²) >= 11 is 12.0. The van der Waals surface area contributed by atoms with Crippen LogP contribution in [0.5, 0.6) is 0 Å². The van der Waals surface area contributed by atoms with E-state index in [1.807, 2.05) is 26.1 Å². The van der Waals surface area contributed by atoms with E-state index >= 15 is 0 Å². The van der Waals surface area contributed by atoms with E-state index in [0.717, 1.165) is 11.3 Å². The zero-order valence-electron chi connectivity index (χ0n) is 8.47. The first kappa shape index (κ1) is 10.7. The molecule has 1 atom stereocenters. The van der Waals surface area contributed by atoms with Crippen LogP contribution in [-0.4, -0.2) is 0 Å². The molecule has 2 rings (SSSR count). The van der Waals surface area contributed by atoms with Crippen molar-refractivity contribution in [2.75, 3.05) is 0 Å². The van der Waals surface area contributed by atoms with Gasteiger partial charge in [-0.2, -0.15) is 0 Å². The Labute approximate surface area is 98.8 Å². The second kappa shape index (κ2) is 3.62. The van der Waals surface area contributed by atoms with Gasteiger partial charge in [0.2, 0.25) is 5.72 Å². The highest BCUT2D eigenvalue weighted by atomic mass is 35.5. The Hall–Kier alpha value is -0.860. The van der Waals surface area contributed by atoms with Crippen molar-refractivity contribution >= 4 is 23.2 Å². The highest BCUT2D eigenvalue weighted by Gasteiger charge is 2.33. The van der Waals surface area contributed by atoms with Gasteiger partial charge in [0.1, 0.15) is 5.76 Å². The van der Waals surface area contributed by atoms with Gasteiger partial charge in [-0.25, -0.2) is 0 Å². The normalized spacial score (nSPS) is 24.4. The van der Waals surface area contributed by atoms with E-state index in [9.17, 15) is 0 Å². The molecule has 4 heteroatoms. The fourth-order valence-corrected chi connectivity index (χ4v) is 2.22. The SMILES string of the molecule is CC1=CNC(C)(c2ccc(Cl)cc2Cl)O1. The molecule has 0 saturated carbocycles. The lowest BCUT2D eigenvalue weighted by Gasteiger charge is -2.26. The first-order valence-corrected chi connectivity index (χ1v) is 5.36. The van der Waals surface area contributed by atoms with Crippen LogP contribution in [0.25, 0.3) is 0 Å². The van der Waals surface area contributed by atoms with Gasteiger partial charge in [0.15, 0.2) is 0 Å². The molecular weight excluding hydrogens is 233 g/mol. The monoisotopic (exact) mass is 243 g/mol. The summed E-state index contributed by atoms with van der Waals surface area (Å²) < 4.78 is 5.68. The maximum Gasteiger partial charge on any atom is 0.204 e. The van der Waals surface area contributed by atoms with Crippen LogP contribution in [0.15, 0.2) is 30.2 Å². The minimum atomic E-state index is -0.592. The number of benzene rings is 1. The molecule has 0 bridgehead atoms. The number of hydrogen-bond donors (Lipinski definition) is 1. The molecule has 1 aliphatic rings. The molecule has 0 amide bonds. The molecule has 0 spiro atoms. The minimum Gasteiger partial charge on any atom is -0.467 e. The first-order chi connectivity index (χ1) is 7.01. The average Bonchev–Trinajstić information content (AvgIpc) is 2.46. The number of nitrogens with one attached hydrogen (secondary N) is 1. The predicted molar refractivity (Wildman–Crippen MR) is 61.8 cm³/mol. The van der Waals surface area contributed by atoms with Crippen LogP contribution in [0.1, 0.15) is 19.4 Å². The van der Waals surface area contributed by atoms with Gasteiger partial charge in [-0.15, -0.1) is 0 Å². The third kappa shape index (κ3) is 1.92. The molecule has 0 fully saturated rings. The Bertz CT molecular complexity index is 431. The molecule has 1 N–H and O–H groups in total. The molecule has 0 saturated heterocycles. The van der Waals surface area contributed by atoms with Gasteiger partial charge in [-0.3, -0.25) is 0 Å². The van der Waals surface area contributed by atoms with Gasteiger partial charge in [0, 0.05) is 16.8 Å². The molecule has 15 heavy (non-hydrogen) atoms. The van der Waals surface area contributed by atoms with Crippen molar-refractivity contribution in [1.82, 2.24) is 5.32 Å². The summed E-state index contributed by atoms with van der Waals surface area (Å²) in [4.78, 5) is 0. The van der Waals surface area contributed by atoms with Gasteiger partial charge >= 0.3 is 0 Å². The fourth-order valence-electron chi connectivity index (χ4n) is 1.63. The number of halogens is 2. The van der Waals surface area contributed by atoms with Crippen molar-refractivity contribution in [1.29, 1.82) is 0 Å². The molecule has 1 unspecified atom stereocenters. The van der Waals surface area contributed by atoms with E-state index in [0.29, 0.717) is 10.0 Å². The Morgan fingerprint density at radius 2 is 2.07 bits per heavy atom. The standard InChI is InChI=1S/C11H11Cl2NO/c1-7-6-14-11(2,15-7)9-4-3-8(12)5-10(9)13/h3-6,14H,1-2H3. The smallest absolute Gasteiger partial charge is 0.204 e. The number of hydrogen-bond acceptors (Lipinski definition) is 2. The molecule has 1 heterocycles. The van der Waals surface area contributed by atoms with Crippen LogP contribution in [0.4, 0.5) is 0 Å². The summed E-state index contributed by atoms with van der Waals surface area (Å²) in [6.45, 7) is 3.82. The second-order valence-electron chi connectivity index (χ2n) is 3.66. The zero-order chi connectivity index (χ0) is 11.1. The van der Waals surface area contributed by atoms with E-state index in [2.05, 4.69) is 5.32 Å². The van der Waals surface area contributed by atoms with E-state index < -0.39 is 5.72 Å². The molecular formula is C11H11Cl2NO. The second-order valence-corrected chi connectivity index (χ2v) is 4.50. The number of rotatable bonds is 1. The van der Waals surface area contributed by atoms with E-state index in [-0.39, 0.29) is 0 Å². The predicted octanol–water partition coefficient (Wildman–Crippen LogP) is 3.65. The topological polar surface area (TPSA) is 21.3 Å². The first-order valence-electron chi connectivity index (χ1n) is 4.60. The van der Waals surface area contributed by atoms with Crippen molar-refractivity contribution in [2.45, 2.75) is 19.6 Å². The lowest BCUT2D eigenvalue weighted by molar-refractivity contribution is 0.0226. The van der Waals surface area contributed by atoms with E-state index in [4.69, 9.17) is 27.9 Å². The minimum absolute atomic E-state index is 0.592. The maximum atomic E-state index is 6.12. The van der Waals surface area contributed by atoms with Crippen LogP contribution >= 0.6 is 23.2 Å². The van der Waals surface area contributed by atoms with Gasteiger partial charge in [-0.1, -0.05) is 29.3 Å². The van der Waals surface area contributed by atoms with Gasteiger partial charge < -0.3 is 10.1 Å². The van der Waals surface area contributed by atoms with Crippen molar-refractivity contribution in [3.63, 3.8) is 0 Å². The van der Waals surface area contributed by atoms with Gasteiger partial charge in [-0.05, 0) is 26.0 Å². The molecule has 1 aromatic carbocycles. The summed E-state index contributed by atoms with van der Waals surface area (Å²) in [5.74, 6) is 0.837. The summed E-state index contributed by atoms with van der Waals surface area (Å²) in [5.41, 5.74) is 0.285. The largest absolute Gasteiger partial charge is 0.467 e. The van der Waals surface area contributed by atoms with E-state index in [1.165, 1.54) is 0 Å². The maximum absolute atomic E-state index is 6.12. The van der Waals surface area contributed by atoms with Crippen molar-refractivity contribution in [2.24, 2.45) is 0 Å². The Kier molecular flexibility index (Phi) is 2.57. The summed E-state index contributed by atoms with van der Waals surface area (Å²) in [6, 6.07) is 5.37. The fraction of sp³-hybridized carbons (Fsp3) is 0.273. The zero-order valence-corrected chi connectivity index (χ0v) is 9.99. The Morgan fingerprint density at radius 3 is 2.60 bits per heavy atom. The van der Waals surface area contributed by atoms with Crippen LogP contribution < -0.4 is 5.32 Å². The molecule has 80 valence electrons. The third-order valence-electron chi connectivity index (χ3n) is 2.36. The summed E-state index contributed by atoms with van der Waals surface area (Å²) in [6.07, 6.45) is 1.82. The Morgan fingerprint density at radius 1 is 1.33 bits per heavy atom. The molecule has 0 radical (unpaired) electrons. The third-order valence-corrected chi connectivity index (χ3v) is 2.91. The van der Waals surface area contributed by atoms with Crippen molar-refractivity contribution < 1.29 is 4.74 Å². The van der Waals surface area contributed by atoms with Gasteiger partial charge in [0.25, 0.3) is 0 Å². The lowest BCUT2D eigenvalue weighted by atomic mass is 10.1. The van der Waals surface area contributed by atoms with Crippen LogP contribution in [0.2, 0.25) is 10.0 Å². The van der Waals surface area contributed by atoms with Crippen LogP contribution in [0, 0.1) is 0 Å². The summed E-state index contributed by atoms with van der Waals surface area (Å²) in [5, 5.41) is 4.37. The molecule has 1 aliphatic heterocycles. The quantitative estimate of drug-likeness (QED) is 0.814.